The third-order valence-corrected chi connectivity index (χ3v) is 7.29. The SMILES string of the molecule is CCCCCCCCCCCCCCCCCC[n+]1ccn(C(Cl)CCCCCCC)c1. The number of aromatic nitrogens is 2. The smallest absolute Gasteiger partial charge is 0.237 e. The zero-order valence-electron chi connectivity index (χ0n) is 21.8. The molecule has 0 aliphatic carbocycles. The van der Waals surface area contributed by atoms with E-state index in [9.17, 15) is 0 Å². The quantitative estimate of drug-likeness (QED) is 0.0811. The molecule has 0 aliphatic heterocycles. The molecule has 0 spiro atoms. The van der Waals surface area contributed by atoms with E-state index in [0.717, 1.165) is 13.0 Å². The number of imidazole rings is 1. The molecule has 188 valence electrons. The molecule has 0 fully saturated rings. The van der Waals surface area contributed by atoms with E-state index in [1.54, 1.807) is 0 Å². The third-order valence-electron chi connectivity index (χ3n) is 6.85. The standard InChI is InChI=1S/C29H56ClN2/c1-3-5-7-9-10-11-12-13-14-15-16-17-18-19-21-23-25-31-26-27-32(28-31)29(30)24-22-20-8-6-4-2/h26-29H,3-25H2,1-2H3/q+1. The molecule has 0 aromatic carbocycles. The Morgan fingerprint density at radius 1 is 0.594 bits per heavy atom. The van der Waals surface area contributed by atoms with E-state index in [1.807, 2.05) is 0 Å². The van der Waals surface area contributed by atoms with Gasteiger partial charge in [0.2, 0.25) is 6.33 Å². The first kappa shape index (κ1) is 29.5. The van der Waals surface area contributed by atoms with Crippen molar-refractivity contribution in [2.75, 3.05) is 0 Å². The van der Waals surface area contributed by atoms with E-state index >= 15 is 0 Å². The minimum Gasteiger partial charge on any atom is -0.237 e. The lowest BCUT2D eigenvalue weighted by Crippen LogP contribution is -2.31. The molecule has 1 aromatic heterocycles. The van der Waals surface area contributed by atoms with Gasteiger partial charge in [-0.3, -0.25) is 0 Å². The molecule has 0 aliphatic rings. The van der Waals surface area contributed by atoms with Crippen molar-refractivity contribution in [2.24, 2.45) is 0 Å². The maximum Gasteiger partial charge on any atom is 0.244 e. The predicted molar refractivity (Wildman–Crippen MR) is 142 cm³/mol. The van der Waals surface area contributed by atoms with Crippen LogP contribution in [0.4, 0.5) is 0 Å². The monoisotopic (exact) mass is 467 g/mol. The summed E-state index contributed by atoms with van der Waals surface area (Å²) < 4.78 is 4.50. The number of hydrogen-bond donors (Lipinski definition) is 0. The van der Waals surface area contributed by atoms with Crippen molar-refractivity contribution >= 4 is 11.6 Å². The second-order valence-corrected chi connectivity index (χ2v) is 10.5. The van der Waals surface area contributed by atoms with Crippen LogP contribution in [0.1, 0.15) is 161 Å². The van der Waals surface area contributed by atoms with Gasteiger partial charge in [-0.25, -0.2) is 9.13 Å². The first-order chi connectivity index (χ1) is 15.8. The summed E-state index contributed by atoms with van der Waals surface area (Å²) in [5.74, 6) is 0. The molecule has 0 bridgehead atoms. The van der Waals surface area contributed by atoms with Crippen molar-refractivity contribution in [1.82, 2.24) is 4.57 Å². The molecule has 1 unspecified atom stereocenters. The summed E-state index contributed by atoms with van der Waals surface area (Å²) in [6.45, 7) is 5.69. The van der Waals surface area contributed by atoms with E-state index in [0.29, 0.717) is 0 Å². The maximum absolute atomic E-state index is 6.58. The fraction of sp³-hybridized carbons (Fsp3) is 0.897. The van der Waals surface area contributed by atoms with Crippen LogP contribution in [-0.4, -0.2) is 4.57 Å². The lowest BCUT2D eigenvalue weighted by atomic mass is 10.0. The number of unbranched alkanes of at least 4 members (excludes halogenated alkanes) is 19. The first-order valence-corrected chi connectivity index (χ1v) is 14.9. The highest BCUT2D eigenvalue weighted by Crippen LogP contribution is 2.20. The highest BCUT2D eigenvalue weighted by molar-refractivity contribution is 6.18. The Hall–Kier alpha value is -0.500. The molecule has 1 atom stereocenters. The molecule has 1 heterocycles. The minimum atomic E-state index is 0.115. The highest BCUT2D eigenvalue weighted by Gasteiger charge is 2.13. The lowest BCUT2D eigenvalue weighted by Gasteiger charge is -2.05. The summed E-state index contributed by atoms with van der Waals surface area (Å²) >= 11 is 6.58. The number of halogens is 1. The number of alkyl halides is 1. The Bertz CT molecular complexity index is 499. The van der Waals surface area contributed by atoms with Gasteiger partial charge in [0.25, 0.3) is 0 Å². The summed E-state index contributed by atoms with van der Waals surface area (Å²) in [5.41, 5.74) is 0.115. The average molecular weight is 468 g/mol. The van der Waals surface area contributed by atoms with Crippen LogP contribution in [0.5, 0.6) is 0 Å². The summed E-state index contributed by atoms with van der Waals surface area (Å²) in [5, 5.41) is 0. The van der Waals surface area contributed by atoms with Gasteiger partial charge in [-0.2, -0.15) is 0 Å². The molecule has 2 nitrogen and oxygen atoms in total. The normalized spacial score (nSPS) is 12.5. The molecule has 1 rings (SSSR count). The summed E-state index contributed by atoms with van der Waals surface area (Å²) in [6.07, 6.45) is 37.0. The van der Waals surface area contributed by atoms with Crippen LogP contribution >= 0.6 is 11.6 Å². The Kier molecular flexibility index (Phi) is 20.6. The van der Waals surface area contributed by atoms with E-state index in [1.165, 1.54) is 135 Å². The van der Waals surface area contributed by atoms with Gasteiger partial charge in [0.05, 0.1) is 6.54 Å². The van der Waals surface area contributed by atoms with E-state index < -0.39 is 0 Å². The molecular weight excluding hydrogens is 412 g/mol. The Morgan fingerprint density at radius 3 is 1.47 bits per heavy atom. The van der Waals surface area contributed by atoms with Gasteiger partial charge in [0, 0.05) is 6.42 Å². The van der Waals surface area contributed by atoms with Crippen molar-refractivity contribution in [3.63, 3.8) is 0 Å². The van der Waals surface area contributed by atoms with Crippen LogP contribution in [-0.2, 0) is 6.54 Å². The van der Waals surface area contributed by atoms with Crippen LogP contribution in [0.2, 0.25) is 0 Å². The Balaban J connectivity index is 1.87. The molecular formula is C29H56ClN2+. The van der Waals surface area contributed by atoms with Crippen LogP contribution in [0.15, 0.2) is 18.7 Å². The summed E-state index contributed by atoms with van der Waals surface area (Å²) in [4.78, 5) is 0. The van der Waals surface area contributed by atoms with Gasteiger partial charge in [0.15, 0.2) is 5.50 Å². The fourth-order valence-electron chi connectivity index (χ4n) is 4.62. The molecule has 0 radical (unpaired) electrons. The zero-order chi connectivity index (χ0) is 23.1. The maximum atomic E-state index is 6.58. The molecule has 0 saturated carbocycles. The van der Waals surface area contributed by atoms with Crippen LogP contribution in [0, 0.1) is 0 Å². The second-order valence-electron chi connectivity index (χ2n) is 10.0. The molecule has 0 saturated heterocycles. The largest absolute Gasteiger partial charge is 0.244 e. The fourth-order valence-corrected chi connectivity index (χ4v) is 4.89. The van der Waals surface area contributed by atoms with Gasteiger partial charge in [-0.15, -0.1) is 0 Å². The van der Waals surface area contributed by atoms with Crippen molar-refractivity contribution in [3.8, 4) is 0 Å². The highest BCUT2D eigenvalue weighted by atomic mass is 35.5. The Morgan fingerprint density at radius 2 is 1.00 bits per heavy atom. The second kappa shape index (κ2) is 22.3. The summed E-state index contributed by atoms with van der Waals surface area (Å²) in [7, 11) is 0. The molecule has 0 N–H and O–H groups in total. The van der Waals surface area contributed by atoms with Crippen LogP contribution in [0.3, 0.4) is 0 Å². The third kappa shape index (κ3) is 17.0. The topological polar surface area (TPSA) is 8.81 Å². The van der Waals surface area contributed by atoms with Crippen molar-refractivity contribution in [1.29, 1.82) is 0 Å². The van der Waals surface area contributed by atoms with Crippen LogP contribution in [0.25, 0.3) is 0 Å². The molecule has 0 amide bonds. The van der Waals surface area contributed by atoms with Gasteiger partial charge >= 0.3 is 0 Å². The number of rotatable bonds is 24. The lowest BCUT2D eigenvalue weighted by molar-refractivity contribution is -0.697. The van der Waals surface area contributed by atoms with E-state index in [2.05, 4.69) is 41.7 Å². The molecule has 3 heteroatoms. The minimum absolute atomic E-state index is 0.115. The van der Waals surface area contributed by atoms with Crippen molar-refractivity contribution in [2.45, 2.75) is 167 Å². The van der Waals surface area contributed by atoms with Gasteiger partial charge in [-0.1, -0.05) is 141 Å². The first-order valence-electron chi connectivity index (χ1n) is 14.5. The number of aryl methyl sites for hydroxylation is 1. The van der Waals surface area contributed by atoms with Gasteiger partial charge in [-0.05, 0) is 19.3 Å². The number of hydrogen-bond acceptors (Lipinski definition) is 0. The molecule has 32 heavy (non-hydrogen) atoms. The van der Waals surface area contributed by atoms with Gasteiger partial charge < -0.3 is 0 Å². The molecule has 1 aromatic rings. The summed E-state index contributed by atoms with van der Waals surface area (Å²) in [6, 6.07) is 0. The van der Waals surface area contributed by atoms with Crippen molar-refractivity contribution < 1.29 is 4.57 Å². The van der Waals surface area contributed by atoms with E-state index in [4.69, 9.17) is 11.6 Å². The van der Waals surface area contributed by atoms with Crippen LogP contribution < -0.4 is 4.57 Å². The van der Waals surface area contributed by atoms with Gasteiger partial charge in [0.1, 0.15) is 12.4 Å². The number of nitrogens with zero attached hydrogens (tertiary/aromatic N) is 2. The average Bonchev–Trinajstić information content (AvgIpc) is 3.27. The predicted octanol–water partition coefficient (Wildman–Crippen LogP) is 10.1. The van der Waals surface area contributed by atoms with Crippen molar-refractivity contribution in [3.05, 3.63) is 18.7 Å². The zero-order valence-corrected chi connectivity index (χ0v) is 22.6. The Labute approximate surface area is 206 Å². The van der Waals surface area contributed by atoms with E-state index in [-0.39, 0.29) is 5.50 Å².